The van der Waals surface area contributed by atoms with E-state index in [1.165, 1.54) is 49.0 Å². The van der Waals surface area contributed by atoms with E-state index in [1.807, 2.05) is 0 Å². The summed E-state index contributed by atoms with van der Waals surface area (Å²) in [5.74, 6) is 1.44. The maximum absolute atomic E-state index is 11.9. The number of piperidine rings is 1. The molecule has 4 atom stereocenters. The van der Waals surface area contributed by atoms with Gasteiger partial charge in [-0.1, -0.05) is 43.3 Å². The zero-order chi connectivity index (χ0) is 17.7. The molecule has 2 aliphatic carbocycles. The van der Waals surface area contributed by atoms with Crippen molar-refractivity contribution in [3.8, 4) is 0 Å². The number of hydrogen-bond donors (Lipinski definition) is 1. The molecule has 0 unspecified atom stereocenters. The second-order valence-electron chi connectivity index (χ2n) is 8.81. The van der Waals surface area contributed by atoms with Gasteiger partial charge in [-0.05, 0) is 61.6 Å². The lowest BCUT2D eigenvalue weighted by Gasteiger charge is -2.56. The predicted octanol–water partition coefficient (Wildman–Crippen LogP) is 3.88. The Morgan fingerprint density at radius 3 is 2.85 bits per heavy atom. The Hall–Kier alpha value is -1.87. The Kier molecular flexibility index (Phi) is 3.82. The van der Waals surface area contributed by atoms with Crippen molar-refractivity contribution >= 4 is 0 Å². The van der Waals surface area contributed by atoms with Crippen LogP contribution in [0.1, 0.15) is 49.4 Å². The lowest BCUT2D eigenvalue weighted by Crippen LogP contribution is -2.59. The first-order chi connectivity index (χ1) is 12.7. The summed E-state index contributed by atoms with van der Waals surface area (Å²) >= 11 is 0. The Bertz CT molecular complexity index is 858. The third kappa shape index (κ3) is 2.40. The maximum atomic E-state index is 11.9. The van der Waals surface area contributed by atoms with Gasteiger partial charge >= 0.3 is 0 Å². The number of benzene rings is 1. The molecule has 1 aromatic heterocycles. The van der Waals surface area contributed by atoms with Gasteiger partial charge in [0.15, 0.2) is 0 Å². The summed E-state index contributed by atoms with van der Waals surface area (Å²) in [6, 6.07) is 15.4. The quantitative estimate of drug-likeness (QED) is 0.894. The summed E-state index contributed by atoms with van der Waals surface area (Å²) < 4.78 is 0. The highest BCUT2D eigenvalue weighted by molar-refractivity contribution is 5.40. The first kappa shape index (κ1) is 16.3. The van der Waals surface area contributed by atoms with Crippen LogP contribution in [0.2, 0.25) is 0 Å². The van der Waals surface area contributed by atoms with Crippen molar-refractivity contribution in [1.82, 2.24) is 9.88 Å². The van der Waals surface area contributed by atoms with E-state index in [2.05, 4.69) is 53.2 Å². The molecule has 136 valence electrons. The molecule has 3 nitrogen and oxygen atoms in total. The van der Waals surface area contributed by atoms with Crippen LogP contribution in [0.3, 0.4) is 0 Å². The van der Waals surface area contributed by atoms with Crippen molar-refractivity contribution in [3.05, 3.63) is 69.6 Å². The van der Waals surface area contributed by atoms with Gasteiger partial charge < -0.3 is 4.98 Å². The second kappa shape index (κ2) is 6.09. The molecule has 1 saturated heterocycles. The number of fused-ring (bicyclic) bond motifs is 1. The van der Waals surface area contributed by atoms with Gasteiger partial charge in [-0.25, -0.2) is 0 Å². The van der Waals surface area contributed by atoms with Gasteiger partial charge in [0.05, 0.1) is 0 Å². The Morgan fingerprint density at radius 2 is 2.00 bits per heavy atom. The number of nitrogens with zero attached hydrogens (tertiary/aromatic N) is 1. The SMILES string of the molecule is C[C@@H]1C[C@H]2Cc3[nH]c(=O)ccc3[C@]23CCCN(Cc2ccccc2)[C@H]3C1. The molecule has 1 saturated carbocycles. The summed E-state index contributed by atoms with van der Waals surface area (Å²) in [4.78, 5) is 17.8. The molecule has 1 aliphatic heterocycles. The van der Waals surface area contributed by atoms with Gasteiger partial charge in [-0.2, -0.15) is 0 Å². The number of aromatic nitrogens is 1. The number of hydrogen-bond acceptors (Lipinski definition) is 2. The third-order valence-corrected chi connectivity index (χ3v) is 7.29. The van der Waals surface area contributed by atoms with Crippen molar-refractivity contribution in [2.75, 3.05) is 6.54 Å². The highest BCUT2D eigenvalue weighted by Gasteiger charge is 2.57. The topological polar surface area (TPSA) is 36.1 Å². The largest absolute Gasteiger partial charge is 0.326 e. The standard InChI is InChI=1S/C23H28N2O/c1-16-12-18-14-20-19(8-9-22(26)24-20)23(18)10-5-11-25(21(23)13-16)15-17-6-3-2-4-7-17/h2-4,6-9,16,18,21H,5,10-15H2,1H3,(H,24,26)/t16-,18+,21+,23+/m1/s1. The summed E-state index contributed by atoms with van der Waals surface area (Å²) in [6.45, 7) is 4.66. The van der Waals surface area contributed by atoms with Gasteiger partial charge in [0.25, 0.3) is 0 Å². The van der Waals surface area contributed by atoms with Gasteiger partial charge in [-0.3, -0.25) is 9.69 Å². The second-order valence-corrected chi connectivity index (χ2v) is 8.81. The molecule has 0 amide bonds. The minimum Gasteiger partial charge on any atom is -0.326 e. The van der Waals surface area contributed by atoms with E-state index in [4.69, 9.17) is 0 Å². The van der Waals surface area contributed by atoms with E-state index in [0.29, 0.717) is 12.0 Å². The van der Waals surface area contributed by atoms with Crippen LogP contribution < -0.4 is 5.56 Å². The minimum atomic E-state index is 0.0559. The number of H-pyrrole nitrogens is 1. The van der Waals surface area contributed by atoms with Crippen LogP contribution in [-0.2, 0) is 18.4 Å². The van der Waals surface area contributed by atoms with E-state index < -0.39 is 0 Å². The molecular weight excluding hydrogens is 320 g/mol. The lowest BCUT2D eigenvalue weighted by molar-refractivity contribution is -0.0175. The van der Waals surface area contributed by atoms with E-state index in [9.17, 15) is 4.79 Å². The Balaban J connectivity index is 1.57. The fraction of sp³-hybridized carbons (Fsp3) is 0.522. The van der Waals surface area contributed by atoms with Crippen molar-refractivity contribution in [3.63, 3.8) is 0 Å². The zero-order valence-corrected chi connectivity index (χ0v) is 15.6. The fourth-order valence-electron chi connectivity index (χ4n) is 6.40. The van der Waals surface area contributed by atoms with Gasteiger partial charge in [0, 0.05) is 29.8 Å². The van der Waals surface area contributed by atoms with E-state index >= 15 is 0 Å². The summed E-state index contributed by atoms with van der Waals surface area (Å²) in [7, 11) is 0. The number of aromatic amines is 1. The molecule has 2 aromatic rings. The number of nitrogens with one attached hydrogen (secondary N) is 1. The van der Waals surface area contributed by atoms with Crippen LogP contribution >= 0.6 is 0 Å². The van der Waals surface area contributed by atoms with Crippen LogP contribution in [0.5, 0.6) is 0 Å². The first-order valence-electron chi connectivity index (χ1n) is 10.2. The van der Waals surface area contributed by atoms with Crippen LogP contribution in [0.4, 0.5) is 0 Å². The average Bonchev–Trinajstić information content (AvgIpc) is 2.93. The van der Waals surface area contributed by atoms with E-state index in [0.717, 1.165) is 18.9 Å². The molecule has 2 heterocycles. The van der Waals surface area contributed by atoms with E-state index in [-0.39, 0.29) is 11.0 Å². The minimum absolute atomic E-state index is 0.0559. The first-order valence-corrected chi connectivity index (χ1v) is 10.2. The van der Waals surface area contributed by atoms with Crippen molar-refractivity contribution < 1.29 is 0 Å². The molecule has 3 heteroatoms. The molecule has 26 heavy (non-hydrogen) atoms. The van der Waals surface area contributed by atoms with Gasteiger partial charge in [0.1, 0.15) is 0 Å². The van der Waals surface area contributed by atoms with Crippen molar-refractivity contribution in [2.45, 2.75) is 57.0 Å². The summed E-state index contributed by atoms with van der Waals surface area (Å²) in [5, 5.41) is 0. The monoisotopic (exact) mass is 348 g/mol. The summed E-state index contributed by atoms with van der Waals surface area (Å²) in [5.41, 5.74) is 4.40. The lowest BCUT2D eigenvalue weighted by atomic mass is 9.57. The highest BCUT2D eigenvalue weighted by Crippen LogP contribution is 2.57. The van der Waals surface area contributed by atoms with E-state index in [1.54, 1.807) is 6.07 Å². The molecule has 2 fully saturated rings. The smallest absolute Gasteiger partial charge is 0.248 e. The fourth-order valence-corrected chi connectivity index (χ4v) is 6.40. The van der Waals surface area contributed by atoms with Crippen LogP contribution in [-0.4, -0.2) is 22.5 Å². The highest BCUT2D eigenvalue weighted by atomic mass is 16.1. The van der Waals surface area contributed by atoms with Crippen LogP contribution in [0, 0.1) is 11.8 Å². The maximum Gasteiger partial charge on any atom is 0.248 e. The molecule has 1 aromatic carbocycles. The third-order valence-electron chi connectivity index (χ3n) is 7.29. The number of rotatable bonds is 2. The molecule has 5 rings (SSSR count). The van der Waals surface area contributed by atoms with Gasteiger partial charge in [0.2, 0.25) is 5.56 Å². The van der Waals surface area contributed by atoms with Gasteiger partial charge in [-0.15, -0.1) is 0 Å². The van der Waals surface area contributed by atoms with Crippen LogP contribution in [0.25, 0.3) is 0 Å². The summed E-state index contributed by atoms with van der Waals surface area (Å²) in [6.07, 6.45) is 6.17. The Labute approximate surface area is 155 Å². The molecule has 0 bridgehead atoms. The molecular formula is C23H28N2O. The predicted molar refractivity (Wildman–Crippen MR) is 104 cm³/mol. The van der Waals surface area contributed by atoms with Crippen molar-refractivity contribution in [1.29, 1.82) is 0 Å². The molecule has 3 aliphatic rings. The number of likely N-dealkylation sites (tertiary alicyclic amines) is 1. The van der Waals surface area contributed by atoms with Crippen molar-refractivity contribution in [2.24, 2.45) is 11.8 Å². The number of pyridine rings is 1. The Morgan fingerprint density at radius 1 is 1.15 bits per heavy atom. The van der Waals surface area contributed by atoms with Crippen LogP contribution in [0.15, 0.2) is 47.3 Å². The molecule has 1 spiro atoms. The normalized spacial score (nSPS) is 33.3. The molecule has 0 radical (unpaired) electrons. The molecule has 1 N–H and O–H groups in total. The average molecular weight is 348 g/mol. The zero-order valence-electron chi connectivity index (χ0n) is 15.6.